The molecule has 1 saturated carbocycles. The molecule has 2 rings (SSSR count). The van der Waals surface area contributed by atoms with Crippen molar-refractivity contribution in [2.24, 2.45) is 5.92 Å². The first-order valence-electron chi connectivity index (χ1n) is 8.37. The van der Waals surface area contributed by atoms with E-state index in [0.29, 0.717) is 24.1 Å². The van der Waals surface area contributed by atoms with Crippen LogP contribution in [0.4, 0.5) is 0 Å². The molecule has 1 heterocycles. The quantitative estimate of drug-likeness (QED) is 0.765. The first-order valence-corrected chi connectivity index (χ1v) is 8.37. The highest BCUT2D eigenvalue weighted by molar-refractivity contribution is 4.89. The summed E-state index contributed by atoms with van der Waals surface area (Å²) in [7, 11) is 2.22. The highest BCUT2D eigenvalue weighted by atomic mass is 16.5. The largest absolute Gasteiger partial charge is 0.378 e. The van der Waals surface area contributed by atoms with Gasteiger partial charge in [0.05, 0.1) is 6.10 Å². The smallest absolute Gasteiger partial charge is 0.0604 e. The number of hydrogen-bond donors (Lipinski definition) is 1. The molecule has 1 aliphatic heterocycles. The Morgan fingerprint density at radius 2 is 1.80 bits per heavy atom. The fourth-order valence-corrected chi connectivity index (χ4v) is 3.33. The van der Waals surface area contributed by atoms with Gasteiger partial charge in [-0.2, -0.15) is 0 Å². The van der Waals surface area contributed by atoms with Crippen LogP contribution < -0.4 is 5.32 Å². The Hall–Kier alpha value is -0.160. The van der Waals surface area contributed by atoms with Gasteiger partial charge in [-0.3, -0.25) is 4.90 Å². The molecule has 4 nitrogen and oxygen atoms in total. The highest BCUT2D eigenvalue weighted by Crippen LogP contribution is 2.23. The van der Waals surface area contributed by atoms with Crippen molar-refractivity contribution >= 4 is 0 Å². The summed E-state index contributed by atoms with van der Waals surface area (Å²) in [4.78, 5) is 5.11. The van der Waals surface area contributed by atoms with Crippen LogP contribution in [0.3, 0.4) is 0 Å². The van der Waals surface area contributed by atoms with Crippen LogP contribution in [0, 0.1) is 5.92 Å². The molecule has 0 amide bonds. The molecule has 0 aromatic carbocycles. The van der Waals surface area contributed by atoms with E-state index in [1.54, 1.807) is 0 Å². The molecule has 2 fully saturated rings. The second-order valence-corrected chi connectivity index (χ2v) is 6.80. The molecule has 2 aliphatic rings. The molecule has 1 aliphatic carbocycles. The molecule has 1 atom stereocenters. The lowest BCUT2D eigenvalue weighted by atomic mass is 9.88. The minimum absolute atomic E-state index is 0.513. The third-order valence-corrected chi connectivity index (χ3v) is 4.89. The number of hydrogen-bond acceptors (Lipinski definition) is 4. The van der Waals surface area contributed by atoms with E-state index in [-0.39, 0.29) is 0 Å². The van der Waals surface area contributed by atoms with Crippen LogP contribution in [0.15, 0.2) is 0 Å². The Morgan fingerprint density at radius 1 is 1.15 bits per heavy atom. The van der Waals surface area contributed by atoms with Crippen molar-refractivity contribution in [1.29, 1.82) is 0 Å². The summed E-state index contributed by atoms with van der Waals surface area (Å²) in [6.45, 7) is 13.6. The van der Waals surface area contributed by atoms with Crippen LogP contribution in [-0.4, -0.2) is 74.4 Å². The van der Waals surface area contributed by atoms with Crippen molar-refractivity contribution in [3.63, 3.8) is 0 Å². The molecule has 0 bridgehead atoms. The minimum Gasteiger partial charge on any atom is -0.378 e. The van der Waals surface area contributed by atoms with E-state index in [1.807, 2.05) is 0 Å². The van der Waals surface area contributed by atoms with Gasteiger partial charge >= 0.3 is 0 Å². The predicted octanol–water partition coefficient (Wildman–Crippen LogP) is 1.42. The maximum Gasteiger partial charge on any atom is 0.0604 e. The summed E-state index contributed by atoms with van der Waals surface area (Å²) in [6, 6.07) is 1.36. The Balaban J connectivity index is 1.70. The summed E-state index contributed by atoms with van der Waals surface area (Å²) in [5.41, 5.74) is 0. The van der Waals surface area contributed by atoms with Gasteiger partial charge in [0.1, 0.15) is 0 Å². The van der Waals surface area contributed by atoms with E-state index in [4.69, 9.17) is 4.74 Å². The Bertz CT molecular complexity index is 271. The fourth-order valence-electron chi connectivity index (χ4n) is 3.33. The molecule has 4 heteroatoms. The summed E-state index contributed by atoms with van der Waals surface area (Å²) in [5, 5.41) is 3.76. The van der Waals surface area contributed by atoms with E-state index in [9.17, 15) is 0 Å². The minimum atomic E-state index is 0.513. The maximum atomic E-state index is 5.63. The molecular weight excluding hydrogens is 250 g/mol. The first-order chi connectivity index (χ1) is 9.60. The van der Waals surface area contributed by atoms with Crippen LogP contribution in [0.2, 0.25) is 0 Å². The maximum absolute atomic E-state index is 5.63. The lowest BCUT2D eigenvalue weighted by Gasteiger charge is -2.42. The molecule has 1 unspecified atom stereocenters. The number of nitrogens with zero attached hydrogens (tertiary/aromatic N) is 2. The van der Waals surface area contributed by atoms with E-state index < -0.39 is 0 Å². The Morgan fingerprint density at radius 3 is 2.35 bits per heavy atom. The highest BCUT2D eigenvalue weighted by Gasteiger charge is 2.31. The molecule has 0 aromatic heterocycles. The lowest BCUT2D eigenvalue weighted by molar-refractivity contribution is -0.0128. The van der Waals surface area contributed by atoms with Crippen molar-refractivity contribution in [2.75, 3.05) is 46.4 Å². The average Bonchev–Trinajstić information content (AvgIpc) is 2.37. The van der Waals surface area contributed by atoms with E-state index >= 15 is 0 Å². The second kappa shape index (κ2) is 7.74. The SMILES string of the molecule is CCOC1CC(NCC(C(C)C)N2CCN(C)CC2)C1. The zero-order valence-corrected chi connectivity index (χ0v) is 13.8. The van der Waals surface area contributed by atoms with E-state index in [2.05, 4.69) is 42.9 Å². The van der Waals surface area contributed by atoms with Gasteiger partial charge in [0.15, 0.2) is 0 Å². The summed E-state index contributed by atoms with van der Waals surface area (Å²) >= 11 is 0. The molecule has 20 heavy (non-hydrogen) atoms. The summed E-state index contributed by atoms with van der Waals surface area (Å²) in [6.07, 6.45) is 2.90. The van der Waals surface area contributed by atoms with Crippen LogP contribution in [0.5, 0.6) is 0 Å². The molecule has 118 valence electrons. The topological polar surface area (TPSA) is 27.7 Å². The predicted molar refractivity (Wildman–Crippen MR) is 84.1 cm³/mol. The summed E-state index contributed by atoms with van der Waals surface area (Å²) < 4.78 is 5.63. The van der Waals surface area contributed by atoms with Gasteiger partial charge in [-0.1, -0.05) is 13.8 Å². The zero-order chi connectivity index (χ0) is 14.5. The molecule has 1 saturated heterocycles. The van der Waals surface area contributed by atoms with Crippen LogP contribution in [-0.2, 0) is 4.74 Å². The van der Waals surface area contributed by atoms with Crippen LogP contribution in [0.1, 0.15) is 33.6 Å². The van der Waals surface area contributed by atoms with Gasteiger partial charge in [0.25, 0.3) is 0 Å². The Kier molecular flexibility index (Phi) is 6.27. The van der Waals surface area contributed by atoms with Gasteiger partial charge in [-0.25, -0.2) is 0 Å². The van der Waals surface area contributed by atoms with Gasteiger partial charge < -0.3 is 15.0 Å². The van der Waals surface area contributed by atoms with Gasteiger partial charge in [-0.15, -0.1) is 0 Å². The second-order valence-electron chi connectivity index (χ2n) is 6.80. The van der Waals surface area contributed by atoms with Gasteiger partial charge in [-0.05, 0) is 32.7 Å². The number of ether oxygens (including phenoxy) is 1. The van der Waals surface area contributed by atoms with E-state index in [0.717, 1.165) is 13.2 Å². The van der Waals surface area contributed by atoms with E-state index in [1.165, 1.54) is 39.0 Å². The number of rotatable bonds is 7. The van der Waals surface area contributed by atoms with Gasteiger partial charge in [0.2, 0.25) is 0 Å². The van der Waals surface area contributed by atoms with Gasteiger partial charge in [0, 0.05) is 51.4 Å². The first kappa shape index (κ1) is 16.2. The number of nitrogens with one attached hydrogen (secondary N) is 1. The molecule has 0 radical (unpaired) electrons. The zero-order valence-electron chi connectivity index (χ0n) is 13.8. The third-order valence-electron chi connectivity index (χ3n) is 4.89. The average molecular weight is 283 g/mol. The molecule has 0 aromatic rings. The monoisotopic (exact) mass is 283 g/mol. The number of likely N-dealkylation sites (N-methyl/N-ethyl adjacent to an activating group) is 1. The fraction of sp³-hybridized carbons (Fsp3) is 1.00. The van der Waals surface area contributed by atoms with Crippen molar-refractivity contribution in [3.05, 3.63) is 0 Å². The Labute approximate surface area is 124 Å². The van der Waals surface area contributed by atoms with Crippen molar-refractivity contribution in [1.82, 2.24) is 15.1 Å². The normalized spacial score (nSPS) is 30.4. The van der Waals surface area contributed by atoms with Crippen molar-refractivity contribution in [3.8, 4) is 0 Å². The third kappa shape index (κ3) is 4.42. The van der Waals surface area contributed by atoms with Crippen molar-refractivity contribution in [2.45, 2.75) is 51.8 Å². The van der Waals surface area contributed by atoms with Crippen LogP contribution >= 0.6 is 0 Å². The standard InChI is InChI=1S/C16H33N3O/c1-5-20-15-10-14(11-15)17-12-16(13(2)3)19-8-6-18(4)7-9-19/h13-17H,5-12H2,1-4H3. The summed E-state index contributed by atoms with van der Waals surface area (Å²) in [5.74, 6) is 0.716. The lowest BCUT2D eigenvalue weighted by Crippen LogP contribution is -2.56. The van der Waals surface area contributed by atoms with Crippen molar-refractivity contribution < 1.29 is 4.74 Å². The molecular formula is C16H33N3O. The number of piperazine rings is 1. The molecule has 0 spiro atoms. The van der Waals surface area contributed by atoms with Crippen LogP contribution in [0.25, 0.3) is 0 Å². The molecule has 1 N–H and O–H groups in total.